The summed E-state index contributed by atoms with van der Waals surface area (Å²) in [4.78, 5) is 21.0. The molecule has 0 spiro atoms. The predicted octanol–water partition coefficient (Wildman–Crippen LogP) is 2.85. The second kappa shape index (κ2) is 9.39. The number of hydrogen-bond donors (Lipinski definition) is 3. The first-order valence-electron chi connectivity index (χ1n) is 9.32. The Morgan fingerprint density at radius 3 is 2.68 bits per heavy atom. The van der Waals surface area contributed by atoms with Gasteiger partial charge in [-0.2, -0.15) is 0 Å². The van der Waals surface area contributed by atoms with Gasteiger partial charge in [-0.3, -0.25) is 9.79 Å². The molecule has 0 bridgehead atoms. The molecule has 1 aromatic rings. The highest BCUT2D eigenvalue weighted by Gasteiger charge is 2.34. The van der Waals surface area contributed by atoms with Crippen LogP contribution in [-0.4, -0.2) is 36.5 Å². The fourth-order valence-corrected chi connectivity index (χ4v) is 3.00. The predicted molar refractivity (Wildman–Crippen MR) is 103 cm³/mol. The molecule has 0 aliphatic heterocycles. The van der Waals surface area contributed by atoms with E-state index in [0.717, 1.165) is 24.7 Å². The quantitative estimate of drug-likeness (QED) is 0.500. The molecule has 1 amide bonds. The molecule has 0 atom stereocenters. The van der Waals surface area contributed by atoms with Gasteiger partial charge in [0.05, 0.1) is 0 Å². The average molecular weight is 345 g/mol. The second-order valence-corrected chi connectivity index (χ2v) is 6.79. The topological polar surface area (TPSA) is 78.4 Å². The van der Waals surface area contributed by atoms with Crippen LogP contribution in [0.3, 0.4) is 0 Å². The summed E-state index contributed by atoms with van der Waals surface area (Å²) < 4.78 is 0. The van der Waals surface area contributed by atoms with Crippen molar-refractivity contribution in [1.29, 1.82) is 0 Å². The van der Waals surface area contributed by atoms with Crippen molar-refractivity contribution in [1.82, 2.24) is 15.6 Å². The standard InChI is InChI=1S/C19H31N5O/c1-4-19(11-7-12-19)14-22-18(20-5-2)21-13-10-17(25)24-16-9-6-8-15(3)23-16/h6,8-9H,4-5,7,10-14H2,1-3H3,(H2,20,21,22)(H,23,24,25). The summed E-state index contributed by atoms with van der Waals surface area (Å²) in [5.74, 6) is 1.34. The van der Waals surface area contributed by atoms with E-state index in [0.29, 0.717) is 24.2 Å². The van der Waals surface area contributed by atoms with Crippen LogP contribution in [0, 0.1) is 12.3 Å². The number of amides is 1. The average Bonchev–Trinajstić information content (AvgIpc) is 2.54. The summed E-state index contributed by atoms with van der Waals surface area (Å²) in [7, 11) is 0. The van der Waals surface area contributed by atoms with Gasteiger partial charge in [0.15, 0.2) is 5.96 Å². The van der Waals surface area contributed by atoms with Crippen LogP contribution in [-0.2, 0) is 4.79 Å². The maximum atomic E-state index is 12.0. The molecule has 0 radical (unpaired) electrons. The molecular weight excluding hydrogens is 314 g/mol. The van der Waals surface area contributed by atoms with Crippen LogP contribution in [0.2, 0.25) is 0 Å². The number of nitrogens with one attached hydrogen (secondary N) is 3. The van der Waals surface area contributed by atoms with Crippen LogP contribution in [0.4, 0.5) is 5.82 Å². The highest BCUT2D eigenvalue weighted by atomic mass is 16.1. The maximum absolute atomic E-state index is 12.0. The Kier molecular flexibility index (Phi) is 7.22. The van der Waals surface area contributed by atoms with E-state index in [9.17, 15) is 4.79 Å². The minimum absolute atomic E-state index is 0.0505. The normalized spacial score (nSPS) is 16.0. The monoisotopic (exact) mass is 345 g/mol. The van der Waals surface area contributed by atoms with Crippen LogP contribution in [0.1, 0.15) is 51.6 Å². The third-order valence-corrected chi connectivity index (χ3v) is 4.88. The Hall–Kier alpha value is -2.11. The molecule has 2 rings (SSSR count). The molecule has 1 saturated carbocycles. The minimum atomic E-state index is -0.0505. The van der Waals surface area contributed by atoms with Crippen molar-refractivity contribution >= 4 is 17.7 Å². The first-order chi connectivity index (χ1) is 12.1. The van der Waals surface area contributed by atoms with Crippen molar-refractivity contribution in [2.45, 2.75) is 52.9 Å². The Labute approximate surface area is 150 Å². The van der Waals surface area contributed by atoms with Gasteiger partial charge in [0.25, 0.3) is 0 Å². The zero-order valence-corrected chi connectivity index (χ0v) is 15.7. The fourth-order valence-electron chi connectivity index (χ4n) is 3.00. The van der Waals surface area contributed by atoms with Gasteiger partial charge in [0, 0.05) is 31.7 Å². The number of carbonyl (C=O) groups excluding carboxylic acids is 1. The van der Waals surface area contributed by atoms with Crippen LogP contribution >= 0.6 is 0 Å². The molecule has 1 heterocycles. The smallest absolute Gasteiger partial charge is 0.227 e. The number of pyridine rings is 1. The van der Waals surface area contributed by atoms with Crippen molar-refractivity contribution in [3.63, 3.8) is 0 Å². The molecule has 1 fully saturated rings. The lowest BCUT2D eigenvalue weighted by molar-refractivity contribution is -0.116. The lowest BCUT2D eigenvalue weighted by Crippen LogP contribution is -2.40. The summed E-state index contributed by atoms with van der Waals surface area (Å²) >= 11 is 0. The van der Waals surface area contributed by atoms with E-state index in [1.54, 1.807) is 6.07 Å². The van der Waals surface area contributed by atoms with Gasteiger partial charge in [-0.05, 0) is 50.7 Å². The van der Waals surface area contributed by atoms with E-state index in [1.807, 2.05) is 26.0 Å². The maximum Gasteiger partial charge on any atom is 0.227 e. The second-order valence-electron chi connectivity index (χ2n) is 6.79. The zero-order valence-electron chi connectivity index (χ0n) is 15.7. The molecule has 0 aromatic carbocycles. The summed E-state index contributed by atoms with van der Waals surface area (Å²) in [5, 5.41) is 9.33. The number of aliphatic imine (C=N–C) groups is 1. The summed E-state index contributed by atoms with van der Waals surface area (Å²) in [6.45, 7) is 8.41. The molecule has 3 N–H and O–H groups in total. The van der Waals surface area contributed by atoms with Crippen LogP contribution in [0.15, 0.2) is 23.2 Å². The van der Waals surface area contributed by atoms with E-state index in [-0.39, 0.29) is 5.91 Å². The number of carbonyl (C=O) groups is 1. The van der Waals surface area contributed by atoms with Crippen LogP contribution in [0.5, 0.6) is 0 Å². The van der Waals surface area contributed by atoms with Gasteiger partial charge < -0.3 is 16.0 Å². The van der Waals surface area contributed by atoms with Crippen molar-refractivity contribution in [3.8, 4) is 0 Å². The van der Waals surface area contributed by atoms with E-state index in [4.69, 9.17) is 4.99 Å². The highest BCUT2D eigenvalue weighted by Crippen LogP contribution is 2.43. The van der Waals surface area contributed by atoms with Crippen LogP contribution < -0.4 is 16.0 Å². The zero-order chi connectivity index (χ0) is 18.1. The molecule has 0 saturated heterocycles. The van der Waals surface area contributed by atoms with Gasteiger partial charge in [-0.15, -0.1) is 0 Å². The minimum Gasteiger partial charge on any atom is -0.357 e. The Morgan fingerprint density at radius 1 is 1.28 bits per heavy atom. The number of guanidine groups is 1. The number of nitrogens with zero attached hydrogens (tertiary/aromatic N) is 2. The summed E-state index contributed by atoms with van der Waals surface area (Å²) in [5.41, 5.74) is 1.29. The van der Waals surface area contributed by atoms with E-state index >= 15 is 0 Å². The number of aryl methyl sites for hydroxylation is 1. The molecule has 6 heteroatoms. The first kappa shape index (κ1) is 19.2. The number of hydrogen-bond acceptors (Lipinski definition) is 3. The molecule has 0 unspecified atom stereocenters. The summed E-state index contributed by atoms with van der Waals surface area (Å²) in [6, 6.07) is 5.59. The SMILES string of the molecule is CCNC(=NCC1(CC)CCC1)NCCC(=O)Nc1cccc(C)n1. The fraction of sp³-hybridized carbons (Fsp3) is 0.632. The Bertz CT molecular complexity index is 590. The molecule has 138 valence electrons. The largest absolute Gasteiger partial charge is 0.357 e. The molecule has 6 nitrogen and oxygen atoms in total. The highest BCUT2D eigenvalue weighted by molar-refractivity contribution is 5.90. The first-order valence-corrected chi connectivity index (χ1v) is 9.32. The molecule has 1 aromatic heterocycles. The Morgan fingerprint density at radius 2 is 2.08 bits per heavy atom. The summed E-state index contributed by atoms with van der Waals surface area (Å²) in [6.07, 6.45) is 5.43. The number of rotatable bonds is 8. The van der Waals surface area contributed by atoms with Crippen molar-refractivity contribution in [2.24, 2.45) is 10.4 Å². The van der Waals surface area contributed by atoms with Crippen molar-refractivity contribution in [2.75, 3.05) is 25.0 Å². The van der Waals surface area contributed by atoms with Gasteiger partial charge in [0.1, 0.15) is 5.82 Å². The third kappa shape index (κ3) is 6.03. The lowest BCUT2D eigenvalue weighted by atomic mass is 9.67. The molecule has 1 aliphatic rings. The van der Waals surface area contributed by atoms with E-state index in [2.05, 4.69) is 27.9 Å². The van der Waals surface area contributed by atoms with Crippen molar-refractivity contribution in [3.05, 3.63) is 23.9 Å². The third-order valence-electron chi connectivity index (χ3n) is 4.88. The Balaban J connectivity index is 1.77. The number of anilines is 1. The van der Waals surface area contributed by atoms with Gasteiger partial charge in [-0.1, -0.05) is 19.4 Å². The molecule has 1 aliphatic carbocycles. The van der Waals surface area contributed by atoms with Gasteiger partial charge in [-0.25, -0.2) is 4.98 Å². The van der Waals surface area contributed by atoms with Gasteiger partial charge >= 0.3 is 0 Å². The lowest BCUT2D eigenvalue weighted by Gasteiger charge is -2.40. The van der Waals surface area contributed by atoms with Crippen molar-refractivity contribution < 1.29 is 4.79 Å². The van der Waals surface area contributed by atoms with Gasteiger partial charge in [0.2, 0.25) is 5.91 Å². The van der Waals surface area contributed by atoms with Crippen LogP contribution in [0.25, 0.3) is 0 Å². The number of aromatic nitrogens is 1. The van der Waals surface area contributed by atoms with E-state index in [1.165, 1.54) is 25.7 Å². The molecular formula is C19H31N5O. The molecule has 25 heavy (non-hydrogen) atoms. The van der Waals surface area contributed by atoms with E-state index < -0.39 is 0 Å².